The quantitative estimate of drug-likeness (QED) is 0.734. The molecule has 0 heterocycles. The molecule has 142 valence electrons. The molecule has 2 aromatic rings. The molecule has 0 aliphatic heterocycles. The number of rotatable bonds is 8. The molecule has 0 spiro atoms. The van der Waals surface area contributed by atoms with Crippen molar-refractivity contribution in [2.75, 3.05) is 20.1 Å². The fourth-order valence-electron chi connectivity index (χ4n) is 2.91. The first-order chi connectivity index (χ1) is 13.0. The molecule has 1 saturated carbocycles. The lowest BCUT2D eigenvalue weighted by Gasteiger charge is -2.22. The van der Waals surface area contributed by atoms with E-state index in [1.165, 1.54) is 0 Å². The van der Waals surface area contributed by atoms with Gasteiger partial charge in [-0.3, -0.25) is 14.5 Å². The number of halogens is 1. The Morgan fingerprint density at radius 2 is 1.59 bits per heavy atom. The summed E-state index contributed by atoms with van der Waals surface area (Å²) in [5.74, 6) is -0.175. The number of benzene rings is 2. The van der Waals surface area contributed by atoms with Gasteiger partial charge in [-0.15, -0.1) is 0 Å². The van der Waals surface area contributed by atoms with Crippen LogP contribution in [0.3, 0.4) is 0 Å². The molecular weight excluding hydrogens is 362 g/mol. The highest BCUT2D eigenvalue weighted by Gasteiger charge is 2.24. The standard InChI is InChI=1S/C21H24ClN3O2/c1-25(13-19(26)23-18-11-12-18)14-20(27)24-21(15-5-3-2-4-6-15)16-7-9-17(22)10-8-16/h2-10,18,21H,11-14H2,1H3,(H,23,26)(H,24,27). The molecule has 6 heteroatoms. The highest BCUT2D eigenvalue weighted by molar-refractivity contribution is 6.30. The molecule has 2 amide bonds. The highest BCUT2D eigenvalue weighted by atomic mass is 35.5. The van der Waals surface area contributed by atoms with Crippen molar-refractivity contribution < 1.29 is 9.59 Å². The molecular formula is C21H24ClN3O2. The van der Waals surface area contributed by atoms with Gasteiger partial charge in [0.15, 0.2) is 0 Å². The Balaban J connectivity index is 1.63. The van der Waals surface area contributed by atoms with Crippen LogP contribution < -0.4 is 10.6 Å². The number of carbonyl (C=O) groups is 2. The summed E-state index contributed by atoms with van der Waals surface area (Å²) in [7, 11) is 1.77. The molecule has 1 unspecified atom stereocenters. The third-order valence-electron chi connectivity index (χ3n) is 4.41. The van der Waals surface area contributed by atoms with Crippen LogP contribution in [-0.4, -0.2) is 42.9 Å². The first kappa shape index (κ1) is 19.4. The van der Waals surface area contributed by atoms with Crippen LogP contribution in [0.15, 0.2) is 54.6 Å². The van der Waals surface area contributed by atoms with Crippen LogP contribution in [0.1, 0.15) is 30.0 Å². The minimum Gasteiger partial charge on any atom is -0.352 e. The van der Waals surface area contributed by atoms with Crippen molar-refractivity contribution in [3.63, 3.8) is 0 Å². The van der Waals surface area contributed by atoms with Gasteiger partial charge in [-0.05, 0) is 43.1 Å². The molecule has 2 aromatic carbocycles. The van der Waals surface area contributed by atoms with Crippen LogP contribution in [0.5, 0.6) is 0 Å². The summed E-state index contributed by atoms with van der Waals surface area (Å²) in [5, 5.41) is 6.65. The predicted molar refractivity (Wildman–Crippen MR) is 107 cm³/mol. The Kier molecular flexibility index (Phi) is 6.48. The van der Waals surface area contributed by atoms with Gasteiger partial charge in [-0.1, -0.05) is 54.1 Å². The number of nitrogens with zero attached hydrogens (tertiary/aromatic N) is 1. The topological polar surface area (TPSA) is 61.4 Å². The average molecular weight is 386 g/mol. The van der Waals surface area contributed by atoms with Crippen LogP contribution in [0.2, 0.25) is 5.02 Å². The molecule has 27 heavy (non-hydrogen) atoms. The van der Waals surface area contributed by atoms with Crippen LogP contribution in [-0.2, 0) is 9.59 Å². The number of hydrogen-bond acceptors (Lipinski definition) is 3. The van der Waals surface area contributed by atoms with Crippen LogP contribution in [0.4, 0.5) is 0 Å². The fraction of sp³-hybridized carbons (Fsp3) is 0.333. The van der Waals surface area contributed by atoms with Gasteiger partial charge >= 0.3 is 0 Å². The third kappa shape index (κ3) is 6.08. The van der Waals surface area contributed by atoms with Crippen molar-refractivity contribution in [2.45, 2.75) is 24.9 Å². The lowest BCUT2D eigenvalue weighted by atomic mass is 9.98. The van der Waals surface area contributed by atoms with Crippen molar-refractivity contribution in [3.05, 3.63) is 70.7 Å². The molecule has 1 aliphatic carbocycles. The molecule has 1 atom stereocenters. The number of carbonyl (C=O) groups excluding carboxylic acids is 2. The summed E-state index contributed by atoms with van der Waals surface area (Å²) in [5.41, 5.74) is 1.94. The van der Waals surface area contributed by atoms with E-state index < -0.39 is 0 Å². The van der Waals surface area contributed by atoms with E-state index in [0.29, 0.717) is 11.1 Å². The van der Waals surface area contributed by atoms with E-state index in [1.54, 1.807) is 11.9 Å². The number of nitrogens with one attached hydrogen (secondary N) is 2. The molecule has 5 nitrogen and oxygen atoms in total. The van der Waals surface area contributed by atoms with Gasteiger partial charge in [-0.2, -0.15) is 0 Å². The van der Waals surface area contributed by atoms with Gasteiger partial charge in [0.1, 0.15) is 0 Å². The van der Waals surface area contributed by atoms with Crippen molar-refractivity contribution in [3.8, 4) is 0 Å². The fourth-order valence-corrected chi connectivity index (χ4v) is 3.04. The first-order valence-electron chi connectivity index (χ1n) is 9.09. The zero-order valence-electron chi connectivity index (χ0n) is 15.3. The molecule has 0 aromatic heterocycles. The Morgan fingerprint density at radius 3 is 2.22 bits per heavy atom. The zero-order chi connectivity index (χ0) is 19.2. The summed E-state index contributed by atoms with van der Waals surface area (Å²) in [4.78, 5) is 26.2. The Morgan fingerprint density at radius 1 is 1.00 bits per heavy atom. The monoisotopic (exact) mass is 385 g/mol. The number of hydrogen-bond donors (Lipinski definition) is 2. The van der Waals surface area contributed by atoms with Gasteiger partial charge in [0, 0.05) is 11.1 Å². The molecule has 1 aliphatic rings. The first-order valence-corrected chi connectivity index (χ1v) is 9.47. The summed E-state index contributed by atoms with van der Waals surface area (Å²) >= 11 is 5.99. The Bertz CT molecular complexity index is 776. The lowest BCUT2D eigenvalue weighted by Crippen LogP contribution is -2.42. The van der Waals surface area contributed by atoms with E-state index in [4.69, 9.17) is 11.6 Å². The van der Waals surface area contributed by atoms with Crippen LogP contribution in [0.25, 0.3) is 0 Å². The van der Waals surface area contributed by atoms with E-state index in [1.807, 2.05) is 54.6 Å². The van der Waals surface area contributed by atoms with Crippen molar-refractivity contribution in [1.82, 2.24) is 15.5 Å². The Hall–Kier alpha value is -2.37. The van der Waals surface area contributed by atoms with Crippen LogP contribution in [0, 0.1) is 0 Å². The van der Waals surface area contributed by atoms with E-state index >= 15 is 0 Å². The highest BCUT2D eigenvalue weighted by Crippen LogP contribution is 2.23. The summed E-state index contributed by atoms with van der Waals surface area (Å²) in [6, 6.07) is 17.3. The predicted octanol–water partition coefficient (Wildman–Crippen LogP) is 2.76. The molecule has 0 saturated heterocycles. The van der Waals surface area contributed by atoms with Crippen molar-refractivity contribution in [1.29, 1.82) is 0 Å². The zero-order valence-corrected chi connectivity index (χ0v) is 16.1. The Labute approximate surface area is 164 Å². The van der Waals surface area contributed by atoms with Gasteiger partial charge < -0.3 is 10.6 Å². The maximum absolute atomic E-state index is 12.6. The largest absolute Gasteiger partial charge is 0.352 e. The van der Waals surface area contributed by atoms with Gasteiger partial charge in [-0.25, -0.2) is 0 Å². The van der Waals surface area contributed by atoms with Gasteiger partial charge in [0.25, 0.3) is 0 Å². The van der Waals surface area contributed by atoms with E-state index in [0.717, 1.165) is 24.0 Å². The second-order valence-electron chi connectivity index (χ2n) is 6.98. The number of likely N-dealkylation sites (N-methyl/N-ethyl adjacent to an activating group) is 1. The third-order valence-corrected chi connectivity index (χ3v) is 4.66. The lowest BCUT2D eigenvalue weighted by molar-refractivity contribution is -0.124. The molecule has 2 N–H and O–H groups in total. The maximum Gasteiger partial charge on any atom is 0.234 e. The maximum atomic E-state index is 12.6. The van der Waals surface area contributed by atoms with Gasteiger partial charge in [0.05, 0.1) is 19.1 Å². The smallest absolute Gasteiger partial charge is 0.234 e. The van der Waals surface area contributed by atoms with Crippen molar-refractivity contribution in [2.24, 2.45) is 0 Å². The van der Waals surface area contributed by atoms with Crippen LogP contribution >= 0.6 is 11.6 Å². The van der Waals surface area contributed by atoms with E-state index in [2.05, 4.69) is 10.6 Å². The number of amides is 2. The molecule has 3 rings (SSSR count). The second-order valence-corrected chi connectivity index (χ2v) is 7.41. The second kappa shape index (κ2) is 9.02. The summed E-state index contributed by atoms with van der Waals surface area (Å²) < 4.78 is 0. The minimum absolute atomic E-state index is 0.0369. The molecule has 0 radical (unpaired) electrons. The minimum atomic E-state index is -0.273. The average Bonchev–Trinajstić information content (AvgIpc) is 3.45. The van der Waals surface area contributed by atoms with E-state index in [9.17, 15) is 9.59 Å². The van der Waals surface area contributed by atoms with E-state index in [-0.39, 0.29) is 30.9 Å². The molecule has 0 bridgehead atoms. The normalized spacial score (nSPS) is 14.6. The SMILES string of the molecule is CN(CC(=O)NC1CC1)CC(=O)NC(c1ccccc1)c1ccc(Cl)cc1. The summed E-state index contributed by atoms with van der Waals surface area (Å²) in [6.07, 6.45) is 2.10. The van der Waals surface area contributed by atoms with Crippen molar-refractivity contribution >= 4 is 23.4 Å². The summed E-state index contributed by atoms with van der Waals surface area (Å²) in [6.45, 7) is 0.357. The van der Waals surface area contributed by atoms with Gasteiger partial charge in [0.2, 0.25) is 11.8 Å². The molecule has 1 fully saturated rings.